The van der Waals surface area contributed by atoms with Gasteiger partial charge in [-0.3, -0.25) is 33.8 Å². The average Bonchev–Trinajstić information content (AvgIpc) is 1.23. The minimum Gasteiger partial charge on any atom is -0.493 e. The summed E-state index contributed by atoms with van der Waals surface area (Å²) in [5, 5.41) is 14.0. The second-order valence-corrected chi connectivity index (χ2v) is 26.4. The highest BCUT2D eigenvalue weighted by Crippen LogP contribution is 2.57. The molecule has 3 aromatic carbocycles. The van der Waals surface area contributed by atoms with Gasteiger partial charge in [0.2, 0.25) is 17.7 Å². The highest BCUT2D eigenvalue weighted by Gasteiger charge is 2.57. The largest absolute Gasteiger partial charge is 0.493 e. The summed E-state index contributed by atoms with van der Waals surface area (Å²) >= 11 is 0. The van der Waals surface area contributed by atoms with E-state index in [9.17, 15) is 28.8 Å². The topological polar surface area (TPSA) is 362 Å². The maximum Gasteiger partial charge on any atom is 0.254 e. The van der Waals surface area contributed by atoms with Gasteiger partial charge in [-0.1, -0.05) is 37.9 Å². The highest BCUT2D eigenvalue weighted by molar-refractivity contribution is 6.05. The number of aromatic nitrogens is 7. The van der Waals surface area contributed by atoms with Crippen LogP contribution >= 0.6 is 0 Å². The van der Waals surface area contributed by atoms with Gasteiger partial charge in [-0.15, -0.1) is 0 Å². The summed E-state index contributed by atoms with van der Waals surface area (Å²) in [6, 6.07) is 28.0. The monoisotopic (exact) mass is 1270 g/mol. The van der Waals surface area contributed by atoms with Crippen molar-refractivity contribution >= 4 is 52.9 Å². The first-order valence-electron chi connectivity index (χ1n) is 31.5. The van der Waals surface area contributed by atoms with Crippen LogP contribution < -0.4 is 48.6 Å². The standard InChI is InChI=1S/C24H24N6O3.C23H27N5O3.C22H27N5O3/c1-2-19(31)29-13-24(14-29)10-15(11-24)30-22(25)20(23(26)32)21(28-30)18-9-8-17(12-27-18)33-16-6-4-3-5-7-16;1-2-18(29)27-12-23(13-27)9-16(10-23)28-21(24)19(22(25)30)20(26-28)15-5-7-17(8-6-15)31-11-14-3-4-14;1-4-17(28)26-11-22(12-26)9-15(10-22)27-20(23)18(21(24)29)19(25-27)14-5-7-16(8-6-14)30-13(2)3/h2-9,12,15H,1,10-11,13-14,25H2,(H2,26,32);2,5-8,14,16H,1,3-4,9-13,24H2,(H2,25,30);4-8,13,15H,1,9-12,23H2,2-3H3,(H2,24,29). The van der Waals surface area contributed by atoms with Crippen LogP contribution in [0.1, 0.15) is 114 Å². The lowest BCUT2D eigenvalue weighted by atomic mass is 9.60. The molecule has 3 spiro atoms. The number of hydrogen-bond donors (Lipinski definition) is 6. The molecule has 7 fully saturated rings. The van der Waals surface area contributed by atoms with Gasteiger partial charge in [-0.25, -0.2) is 14.0 Å². The van der Waals surface area contributed by atoms with Crippen LogP contribution in [0.5, 0.6) is 23.0 Å². The molecule has 7 heterocycles. The lowest BCUT2D eigenvalue weighted by molar-refractivity contribution is -0.149. The van der Waals surface area contributed by atoms with Gasteiger partial charge >= 0.3 is 0 Å². The maximum absolute atomic E-state index is 12.2. The normalized spacial score (nSPS) is 17.9. The molecule has 94 heavy (non-hydrogen) atoms. The van der Waals surface area contributed by atoms with Gasteiger partial charge in [0.1, 0.15) is 74.2 Å². The first-order valence-corrected chi connectivity index (χ1v) is 31.5. The number of hydrogen-bond acceptors (Lipinski definition) is 16. The molecule has 14 rings (SSSR count). The van der Waals surface area contributed by atoms with E-state index in [1.807, 2.05) is 92.7 Å². The van der Waals surface area contributed by atoms with Crippen LogP contribution in [0.4, 0.5) is 17.5 Å². The Bertz CT molecular complexity index is 4090. The summed E-state index contributed by atoms with van der Waals surface area (Å²) in [5.41, 5.74) is 40.1. The second-order valence-electron chi connectivity index (χ2n) is 26.4. The Morgan fingerprint density at radius 3 is 1.23 bits per heavy atom. The predicted molar refractivity (Wildman–Crippen MR) is 353 cm³/mol. The summed E-state index contributed by atoms with van der Waals surface area (Å²) < 4.78 is 22.4. The number of nitrogen functional groups attached to an aromatic ring is 3. The first-order chi connectivity index (χ1) is 45.0. The minimum absolute atomic E-state index is 0.0319. The van der Waals surface area contributed by atoms with E-state index in [2.05, 4.69) is 40.0 Å². The Morgan fingerprint density at radius 1 is 0.511 bits per heavy atom. The van der Waals surface area contributed by atoms with Crippen molar-refractivity contribution in [2.24, 2.45) is 39.4 Å². The fourth-order valence-corrected chi connectivity index (χ4v) is 14.1. The van der Waals surface area contributed by atoms with Crippen LogP contribution in [0.2, 0.25) is 0 Å². The van der Waals surface area contributed by atoms with E-state index >= 15 is 0 Å². The lowest BCUT2D eigenvalue weighted by Crippen LogP contribution is -2.63. The predicted octanol–water partition coefficient (Wildman–Crippen LogP) is 7.51. The molecule has 4 aliphatic carbocycles. The molecule has 0 unspecified atom stereocenters. The fourth-order valence-electron chi connectivity index (χ4n) is 14.1. The number of anilines is 3. The Labute approximate surface area is 543 Å². The number of ether oxygens (including phenoxy) is 3. The Balaban J connectivity index is 0.000000136. The highest BCUT2D eigenvalue weighted by atomic mass is 16.5. The molecule has 0 bridgehead atoms. The molecule has 7 aliphatic rings. The molecule has 0 radical (unpaired) electrons. The van der Waals surface area contributed by atoms with Crippen molar-refractivity contribution in [3.63, 3.8) is 0 Å². The van der Waals surface area contributed by atoms with Gasteiger partial charge in [-0.2, -0.15) is 15.3 Å². The van der Waals surface area contributed by atoms with Crippen molar-refractivity contribution in [2.75, 3.05) is 63.1 Å². The summed E-state index contributed by atoms with van der Waals surface area (Å²) in [7, 11) is 0. The summed E-state index contributed by atoms with van der Waals surface area (Å²) in [6.45, 7) is 19.6. The fraction of sp³-hybridized carbons (Fsp3) is 0.362. The lowest BCUT2D eigenvalue weighted by Gasteiger charge is -2.58. The van der Waals surface area contributed by atoms with Crippen LogP contribution in [0.15, 0.2) is 135 Å². The first kappa shape index (κ1) is 63.4. The third kappa shape index (κ3) is 12.4. The molecule has 6 amide bonds. The number of likely N-dealkylation sites (tertiary alicyclic amines) is 3. The zero-order chi connectivity index (χ0) is 66.5. The van der Waals surface area contributed by atoms with Crippen LogP contribution in [0.3, 0.4) is 0 Å². The number of amides is 6. The number of para-hydroxylation sites is 1. The molecule has 25 heteroatoms. The molecule has 3 saturated heterocycles. The molecule has 0 atom stereocenters. The quantitative estimate of drug-likeness (QED) is 0.0427. The number of rotatable bonds is 19. The maximum atomic E-state index is 12.2. The van der Waals surface area contributed by atoms with Gasteiger partial charge in [-0.05, 0) is 162 Å². The smallest absolute Gasteiger partial charge is 0.254 e. The van der Waals surface area contributed by atoms with Gasteiger partial charge in [0.25, 0.3) is 17.7 Å². The number of pyridine rings is 1. The van der Waals surface area contributed by atoms with Crippen LogP contribution in [-0.2, 0) is 14.4 Å². The number of benzene rings is 3. The van der Waals surface area contributed by atoms with Crippen molar-refractivity contribution < 1.29 is 43.0 Å². The number of nitrogens with zero attached hydrogens (tertiary/aromatic N) is 10. The van der Waals surface area contributed by atoms with Crippen molar-refractivity contribution in [1.29, 1.82) is 0 Å². The van der Waals surface area contributed by atoms with E-state index in [0.29, 0.717) is 64.9 Å². The Hall–Kier alpha value is -10.7. The molecule has 4 saturated carbocycles. The number of carbonyl (C=O) groups is 6. The summed E-state index contributed by atoms with van der Waals surface area (Å²) in [6.07, 6.45) is 13.3. The SMILES string of the molecule is C=CC(=O)N1CC2(CC(n3nc(-c4ccc(OC(C)C)cc4)c(C(N)=O)c3N)C2)C1.C=CC(=O)N1CC2(CC(n3nc(-c4ccc(OCC5CC5)cc4)c(C(N)=O)c3N)C2)C1.C=CC(=O)N1CC2(CC(n3nc(-c4ccc(Oc5ccccc5)cn4)c(C(N)=O)c3N)C2)C1. The van der Waals surface area contributed by atoms with Gasteiger partial charge in [0.15, 0.2) is 0 Å². The average molecular weight is 1280 g/mol. The summed E-state index contributed by atoms with van der Waals surface area (Å²) in [5.74, 6) is 2.34. The third-order valence-electron chi connectivity index (χ3n) is 19.0. The zero-order valence-corrected chi connectivity index (χ0v) is 52.7. The molecule has 25 nitrogen and oxygen atoms in total. The second kappa shape index (κ2) is 25.1. The van der Waals surface area contributed by atoms with Crippen LogP contribution in [0.25, 0.3) is 33.9 Å². The molecule has 488 valence electrons. The third-order valence-corrected chi connectivity index (χ3v) is 19.0. The van der Waals surface area contributed by atoms with Crippen molar-refractivity contribution in [3.05, 3.63) is 152 Å². The van der Waals surface area contributed by atoms with Crippen LogP contribution in [0, 0.1) is 22.2 Å². The minimum atomic E-state index is -0.652. The van der Waals surface area contributed by atoms with Crippen molar-refractivity contribution in [1.82, 2.24) is 49.0 Å². The number of primary amides is 3. The van der Waals surface area contributed by atoms with E-state index < -0.39 is 17.7 Å². The van der Waals surface area contributed by atoms with E-state index in [4.69, 9.17) is 48.6 Å². The van der Waals surface area contributed by atoms with Crippen molar-refractivity contribution in [2.45, 2.75) is 89.4 Å². The van der Waals surface area contributed by atoms with E-state index in [1.165, 1.54) is 31.1 Å². The molecular formula is C69H78N16O9. The zero-order valence-electron chi connectivity index (χ0n) is 52.7. The van der Waals surface area contributed by atoms with E-state index in [0.717, 1.165) is 93.9 Å². The molecule has 3 aliphatic heterocycles. The van der Waals surface area contributed by atoms with Gasteiger partial charge < -0.3 is 63.3 Å². The summed E-state index contributed by atoms with van der Waals surface area (Å²) in [4.78, 5) is 81.4. The molecule has 4 aromatic heterocycles. The van der Waals surface area contributed by atoms with Crippen LogP contribution in [-0.4, -0.2) is 136 Å². The molecular weight excluding hydrogens is 1200 g/mol. The van der Waals surface area contributed by atoms with E-state index in [1.54, 1.807) is 47.1 Å². The Morgan fingerprint density at radius 2 is 0.883 bits per heavy atom. The molecule has 7 aromatic rings. The van der Waals surface area contributed by atoms with Gasteiger partial charge in [0, 0.05) is 66.6 Å². The number of nitrogens with two attached hydrogens (primary N) is 6. The molecule has 12 N–H and O–H groups in total. The number of carbonyl (C=O) groups excluding carboxylic acids is 6. The van der Waals surface area contributed by atoms with Gasteiger partial charge in [0.05, 0.1) is 42.7 Å². The Kier molecular flexibility index (Phi) is 16.9. The van der Waals surface area contributed by atoms with Crippen molar-refractivity contribution in [3.8, 4) is 56.9 Å². The van der Waals surface area contributed by atoms with E-state index in [-0.39, 0.29) is 80.7 Å².